The van der Waals surface area contributed by atoms with Gasteiger partial charge in [0.05, 0.1) is 0 Å². The van der Waals surface area contributed by atoms with Crippen molar-refractivity contribution < 1.29 is 4.79 Å². The lowest BCUT2D eigenvalue weighted by Crippen LogP contribution is -2.29. The summed E-state index contributed by atoms with van der Waals surface area (Å²) in [5.41, 5.74) is 2.31. The van der Waals surface area contributed by atoms with Crippen molar-refractivity contribution in [1.82, 2.24) is 4.57 Å². The Kier molecular flexibility index (Phi) is 2.92. The molecule has 0 aromatic carbocycles. The fraction of sp³-hybridized carbons (Fsp3) is 0.667. The van der Waals surface area contributed by atoms with Gasteiger partial charge >= 0.3 is 0 Å². The lowest BCUT2D eigenvalue weighted by molar-refractivity contribution is 0.0909. The summed E-state index contributed by atoms with van der Waals surface area (Å²) in [5, 5.41) is 0. The molecule has 94 valence electrons. The highest BCUT2D eigenvalue weighted by atomic mass is 16.1. The Bertz CT molecular complexity index is 440. The molecule has 0 bridgehead atoms. The van der Waals surface area contributed by atoms with E-state index in [2.05, 4.69) is 45.4 Å². The molecule has 1 aromatic heterocycles. The van der Waals surface area contributed by atoms with Gasteiger partial charge in [0, 0.05) is 29.9 Å². The molecule has 0 amide bonds. The van der Waals surface area contributed by atoms with E-state index in [1.165, 1.54) is 5.69 Å². The van der Waals surface area contributed by atoms with Crippen LogP contribution in [-0.2, 0) is 6.42 Å². The third kappa shape index (κ3) is 2.18. The van der Waals surface area contributed by atoms with Crippen molar-refractivity contribution in [3.63, 3.8) is 0 Å². The van der Waals surface area contributed by atoms with E-state index < -0.39 is 0 Å². The van der Waals surface area contributed by atoms with Crippen molar-refractivity contribution in [2.75, 3.05) is 0 Å². The number of fused-ring (bicyclic) bond motifs is 1. The maximum absolute atomic E-state index is 12.1. The maximum atomic E-state index is 12.1. The van der Waals surface area contributed by atoms with E-state index in [4.69, 9.17) is 0 Å². The highest BCUT2D eigenvalue weighted by Gasteiger charge is 2.33. The molecule has 0 fully saturated rings. The molecule has 1 atom stereocenters. The van der Waals surface area contributed by atoms with Gasteiger partial charge in [-0.1, -0.05) is 27.7 Å². The number of ketones is 1. The van der Waals surface area contributed by atoms with Crippen LogP contribution in [0.15, 0.2) is 12.3 Å². The molecule has 17 heavy (non-hydrogen) atoms. The van der Waals surface area contributed by atoms with Gasteiger partial charge in [0.1, 0.15) is 0 Å². The Morgan fingerprint density at radius 2 is 1.88 bits per heavy atom. The molecule has 0 N–H and O–H groups in total. The standard InChI is InChI=1S/C15H23NO/c1-10(2)11(3)16-7-6-12-13(16)8-15(4,5)9-14(12)17/h6-7,10-11H,8-9H2,1-5H3. The average molecular weight is 233 g/mol. The predicted molar refractivity (Wildman–Crippen MR) is 70.4 cm³/mol. The minimum Gasteiger partial charge on any atom is -0.348 e. The molecule has 1 aliphatic carbocycles. The van der Waals surface area contributed by atoms with E-state index in [9.17, 15) is 4.79 Å². The number of carbonyl (C=O) groups is 1. The molecule has 0 spiro atoms. The lowest BCUT2D eigenvalue weighted by Gasteiger charge is -2.31. The smallest absolute Gasteiger partial charge is 0.165 e. The Hall–Kier alpha value is -1.05. The van der Waals surface area contributed by atoms with Gasteiger partial charge in [0.25, 0.3) is 0 Å². The SMILES string of the molecule is CC(C)C(C)n1ccc2c1CC(C)(C)CC2=O. The largest absolute Gasteiger partial charge is 0.348 e. The molecule has 0 radical (unpaired) electrons. The van der Waals surface area contributed by atoms with Crippen molar-refractivity contribution in [2.24, 2.45) is 11.3 Å². The number of aromatic nitrogens is 1. The van der Waals surface area contributed by atoms with Crippen molar-refractivity contribution >= 4 is 5.78 Å². The van der Waals surface area contributed by atoms with Crippen LogP contribution in [0.5, 0.6) is 0 Å². The van der Waals surface area contributed by atoms with Gasteiger partial charge in [-0.15, -0.1) is 0 Å². The van der Waals surface area contributed by atoms with E-state index in [-0.39, 0.29) is 5.41 Å². The number of hydrogen-bond acceptors (Lipinski definition) is 1. The molecule has 1 aromatic rings. The Morgan fingerprint density at radius 3 is 2.47 bits per heavy atom. The van der Waals surface area contributed by atoms with Crippen molar-refractivity contribution in [2.45, 2.75) is 53.5 Å². The highest BCUT2D eigenvalue weighted by Crippen LogP contribution is 2.37. The van der Waals surface area contributed by atoms with Crippen LogP contribution in [0.4, 0.5) is 0 Å². The van der Waals surface area contributed by atoms with Gasteiger partial charge in [0.15, 0.2) is 5.78 Å². The second kappa shape index (κ2) is 4.01. The molecule has 2 rings (SSSR count). The Labute approximate surface area is 104 Å². The minimum atomic E-state index is 0.108. The van der Waals surface area contributed by atoms with Crippen LogP contribution in [0.2, 0.25) is 0 Å². The number of hydrogen-bond donors (Lipinski definition) is 0. The van der Waals surface area contributed by atoms with E-state index in [1.807, 2.05) is 6.07 Å². The predicted octanol–water partition coefficient (Wildman–Crippen LogP) is 3.86. The van der Waals surface area contributed by atoms with Gasteiger partial charge < -0.3 is 4.57 Å². The third-order valence-electron chi connectivity index (χ3n) is 4.01. The lowest BCUT2D eigenvalue weighted by atomic mass is 9.76. The van der Waals surface area contributed by atoms with Crippen LogP contribution >= 0.6 is 0 Å². The third-order valence-corrected chi connectivity index (χ3v) is 4.01. The van der Waals surface area contributed by atoms with Crippen LogP contribution in [0.25, 0.3) is 0 Å². The summed E-state index contributed by atoms with van der Waals surface area (Å²) in [6.45, 7) is 11.1. The van der Waals surface area contributed by atoms with Crippen molar-refractivity contribution in [1.29, 1.82) is 0 Å². The second-order valence-corrected chi connectivity index (χ2v) is 6.51. The molecule has 2 heteroatoms. The van der Waals surface area contributed by atoms with Gasteiger partial charge in [0.2, 0.25) is 0 Å². The normalized spacial score (nSPS) is 20.5. The van der Waals surface area contributed by atoms with Crippen LogP contribution in [-0.4, -0.2) is 10.4 Å². The first-order chi connectivity index (χ1) is 7.82. The summed E-state index contributed by atoms with van der Waals surface area (Å²) in [4.78, 5) is 12.1. The molecular formula is C15H23NO. The monoisotopic (exact) mass is 233 g/mol. The van der Waals surface area contributed by atoms with Crippen LogP contribution < -0.4 is 0 Å². The summed E-state index contributed by atoms with van der Waals surface area (Å²) in [7, 11) is 0. The fourth-order valence-corrected chi connectivity index (χ4v) is 2.67. The molecule has 0 saturated heterocycles. The quantitative estimate of drug-likeness (QED) is 0.760. The topological polar surface area (TPSA) is 22.0 Å². The zero-order valence-corrected chi connectivity index (χ0v) is 11.6. The molecular weight excluding hydrogens is 210 g/mol. The minimum absolute atomic E-state index is 0.108. The number of nitrogens with zero attached hydrogens (tertiary/aromatic N) is 1. The first-order valence-corrected chi connectivity index (χ1v) is 6.55. The Balaban J connectivity index is 2.44. The fourth-order valence-electron chi connectivity index (χ4n) is 2.67. The molecule has 0 saturated carbocycles. The summed E-state index contributed by atoms with van der Waals surface area (Å²) in [6.07, 6.45) is 3.78. The van der Waals surface area contributed by atoms with Crippen LogP contribution in [0.3, 0.4) is 0 Å². The molecule has 2 nitrogen and oxygen atoms in total. The number of rotatable bonds is 2. The Morgan fingerprint density at radius 1 is 1.24 bits per heavy atom. The van der Waals surface area contributed by atoms with Gasteiger partial charge in [-0.3, -0.25) is 4.79 Å². The molecule has 1 heterocycles. The zero-order chi connectivity index (χ0) is 12.8. The van der Waals surface area contributed by atoms with Crippen LogP contribution in [0, 0.1) is 11.3 Å². The summed E-state index contributed by atoms with van der Waals surface area (Å²) in [6, 6.07) is 2.46. The van der Waals surface area contributed by atoms with E-state index in [0.717, 1.165) is 12.0 Å². The van der Waals surface area contributed by atoms with E-state index in [1.54, 1.807) is 0 Å². The van der Waals surface area contributed by atoms with Crippen LogP contribution in [0.1, 0.15) is 63.1 Å². The van der Waals surface area contributed by atoms with Gasteiger partial charge in [-0.05, 0) is 30.7 Å². The summed E-state index contributed by atoms with van der Waals surface area (Å²) < 4.78 is 2.30. The molecule has 1 unspecified atom stereocenters. The first kappa shape index (κ1) is 12.4. The van der Waals surface area contributed by atoms with Gasteiger partial charge in [-0.2, -0.15) is 0 Å². The van der Waals surface area contributed by atoms with Gasteiger partial charge in [-0.25, -0.2) is 0 Å². The average Bonchev–Trinajstić information content (AvgIpc) is 2.58. The maximum Gasteiger partial charge on any atom is 0.165 e. The van der Waals surface area contributed by atoms with E-state index in [0.29, 0.717) is 24.2 Å². The molecule has 0 aliphatic heterocycles. The first-order valence-electron chi connectivity index (χ1n) is 6.55. The highest BCUT2D eigenvalue weighted by molar-refractivity contribution is 5.98. The number of carbonyl (C=O) groups excluding carboxylic acids is 1. The molecule has 1 aliphatic rings. The van der Waals surface area contributed by atoms with E-state index >= 15 is 0 Å². The summed E-state index contributed by atoms with van der Waals surface area (Å²) >= 11 is 0. The van der Waals surface area contributed by atoms with Crippen molar-refractivity contribution in [3.8, 4) is 0 Å². The summed E-state index contributed by atoms with van der Waals surface area (Å²) in [5.74, 6) is 0.901. The number of Topliss-reactive ketones (excluding diaryl/α,β-unsaturated/α-hetero) is 1. The van der Waals surface area contributed by atoms with Crippen molar-refractivity contribution in [3.05, 3.63) is 23.5 Å². The zero-order valence-electron chi connectivity index (χ0n) is 11.6. The second-order valence-electron chi connectivity index (χ2n) is 6.51.